The highest BCUT2D eigenvalue weighted by Crippen LogP contribution is 2.57. The Labute approximate surface area is 470 Å². The number of benzene rings is 9. The summed E-state index contributed by atoms with van der Waals surface area (Å²) in [5.41, 5.74) is 24.9. The summed E-state index contributed by atoms with van der Waals surface area (Å²) < 4.78 is 12.3. The zero-order valence-corrected chi connectivity index (χ0v) is 43.9. The number of furan rings is 2. The molecule has 6 aromatic heterocycles. The Morgan fingerprint density at radius 2 is 0.610 bits per heavy atom. The van der Waals surface area contributed by atoms with E-state index in [4.69, 9.17) is 28.8 Å². The molecule has 0 amide bonds. The van der Waals surface area contributed by atoms with Crippen molar-refractivity contribution in [1.82, 2.24) is 29.9 Å². The summed E-state index contributed by atoms with van der Waals surface area (Å²) in [7, 11) is 0. The first-order valence-corrected chi connectivity index (χ1v) is 27.6. The zero-order valence-electron chi connectivity index (χ0n) is 43.9. The molecular weight excluding hydrogens is 1000 g/mol. The first-order valence-electron chi connectivity index (χ1n) is 27.6. The molecule has 0 fully saturated rings. The molecule has 382 valence electrons. The second kappa shape index (κ2) is 18.3. The molecule has 0 spiro atoms. The molecule has 0 aliphatic heterocycles. The van der Waals surface area contributed by atoms with E-state index in [0.717, 1.165) is 122 Å². The van der Waals surface area contributed by atoms with Crippen LogP contribution >= 0.6 is 0 Å². The average molecular weight is 1050 g/mol. The van der Waals surface area contributed by atoms with E-state index >= 15 is 0 Å². The summed E-state index contributed by atoms with van der Waals surface area (Å²) in [6, 6.07) is 81.6. The average Bonchev–Trinajstić information content (AvgIpc) is 1.31. The molecule has 15 aromatic rings. The van der Waals surface area contributed by atoms with Crippen LogP contribution in [-0.4, -0.2) is 29.9 Å². The molecule has 8 nitrogen and oxygen atoms in total. The minimum absolute atomic E-state index is 0.000445. The largest absolute Gasteiger partial charge is 0.456 e. The molecule has 6 heterocycles. The third-order valence-corrected chi connectivity index (χ3v) is 16.7. The van der Waals surface area contributed by atoms with Crippen molar-refractivity contribution >= 4 is 43.9 Å². The second-order valence-corrected chi connectivity index (χ2v) is 21.4. The van der Waals surface area contributed by atoms with Gasteiger partial charge in [0.1, 0.15) is 22.3 Å². The van der Waals surface area contributed by atoms with Gasteiger partial charge in [-0.1, -0.05) is 158 Å². The number of nitrogens with zero attached hydrogens (tertiary/aromatic N) is 6. The van der Waals surface area contributed by atoms with Gasteiger partial charge in [-0.25, -0.2) is 19.9 Å². The third kappa shape index (κ3) is 7.53. The Morgan fingerprint density at radius 1 is 0.244 bits per heavy atom. The van der Waals surface area contributed by atoms with Gasteiger partial charge < -0.3 is 8.83 Å². The molecule has 2 unspecified atom stereocenters. The summed E-state index contributed by atoms with van der Waals surface area (Å²) in [6.07, 6.45) is 7.28. The molecule has 18 rings (SSSR count). The third-order valence-electron chi connectivity index (χ3n) is 16.7. The minimum Gasteiger partial charge on any atom is -0.456 e. The lowest BCUT2D eigenvalue weighted by molar-refractivity contribution is 0.668. The normalized spacial score (nSPS) is 14.1. The number of aromatic nitrogens is 6. The molecule has 0 radical (unpaired) electrons. The minimum atomic E-state index is -0.000445. The van der Waals surface area contributed by atoms with Crippen LogP contribution in [0.1, 0.15) is 45.2 Å². The quantitative estimate of drug-likeness (QED) is 0.148. The topological polar surface area (TPSA) is 104 Å². The van der Waals surface area contributed by atoms with E-state index in [-0.39, 0.29) is 11.8 Å². The maximum absolute atomic E-state index is 6.15. The number of hydrogen-bond acceptors (Lipinski definition) is 8. The first kappa shape index (κ1) is 46.0. The highest BCUT2D eigenvalue weighted by atomic mass is 16.3. The van der Waals surface area contributed by atoms with Crippen LogP contribution in [0.4, 0.5) is 0 Å². The van der Waals surface area contributed by atoms with E-state index in [2.05, 4.69) is 204 Å². The van der Waals surface area contributed by atoms with Crippen molar-refractivity contribution < 1.29 is 8.83 Å². The maximum Gasteiger partial charge on any atom is 0.160 e. The van der Waals surface area contributed by atoms with Crippen molar-refractivity contribution in [3.8, 4) is 90.1 Å². The molecule has 2 bridgehead atoms. The molecule has 82 heavy (non-hydrogen) atoms. The molecule has 0 saturated carbocycles. The van der Waals surface area contributed by atoms with Crippen molar-refractivity contribution in [3.05, 3.63) is 289 Å². The van der Waals surface area contributed by atoms with Crippen molar-refractivity contribution in [2.75, 3.05) is 0 Å². The maximum atomic E-state index is 6.15. The number of hydrogen-bond donors (Lipinski definition) is 0. The lowest BCUT2D eigenvalue weighted by atomic mass is 9.61. The van der Waals surface area contributed by atoms with Gasteiger partial charge in [0, 0.05) is 91.5 Å². The van der Waals surface area contributed by atoms with Crippen molar-refractivity contribution in [3.63, 3.8) is 0 Å². The second-order valence-electron chi connectivity index (χ2n) is 21.4. The van der Waals surface area contributed by atoms with Crippen LogP contribution in [-0.2, 0) is 0 Å². The molecule has 8 heteroatoms. The van der Waals surface area contributed by atoms with Gasteiger partial charge >= 0.3 is 0 Å². The number of pyridine rings is 2. The summed E-state index contributed by atoms with van der Waals surface area (Å²) in [5, 5.41) is 4.08. The molecule has 0 N–H and O–H groups in total. The van der Waals surface area contributed by atoms with E-state index in [1.807, 2.05) is 48.8 Å². The summed E-state index contributed by atoms with van der Waals surface area (Å²) in [5.74, 6) is 1.35. The molecule has 0 saturated heterocycles. The number of fused-ring (bicyclic) bond motifs is 6. The Morgan fingerprint density at radius 3 is 1.07 bits per heavy atom. The summed E-state index contributed by atoms with van der Waals surface area (Å²) in [6.45, 7) is 0. The van der Waals surface area contributed by atoms with Gasteiger partial charge in [-0.3, -0.25) is 9.97 Å². The lowest BCUT2D eigenvalue weighted by Gasteiger charge is -2.42. The van der Waals surface area contributed by atoms with Gasteiger partial charge in [0.25, 0.3) is 0 Å². The predicted molar refractivity (Wildman–Crippen MR) is 326 cm³/mol. The Kier molecular flexibility index (Phi) is 10.3. The van der Waals surface area contributed by atoms with Gasteiger partial charge in [0.2, 0.25) is 0 Å². The lowest BCUT2D eigenvalue weighted by Crippen LogP contribution is -2.27. The zero-order chi connectivity index (χ0) is 53.8. The van der Waals surface area contributed by atoms with Gasteiger partial charge in [-0.05, 0) is 128 Å². The van der Waals surface area contributed by atoms with Crippen LogP contribution in [0.3, 0.4) is 0 Å². The van der Waals surface area contributed by atoms with Crippen LogP contribution < -0.4 is 0 Å². The first-order chi connectivity index (χ1) is 40.6. The van der Waals surface area contributed by atoms with Gasteiger partial charge in [0.15, 0.2) is 11.6 Å². The fourth-order valence-electron chi connectivity index (χ4n) is 12.8. The fourth-order valence-corrected chi connectivity index (χ4v) is 12.8. The molecule has 3 aliphatic rings. The van der Waals surface area contributed by atoms with Crippen molar-refractivity contribution in [2.45, 2.75) is 11.8 Å². The van der Waals surface area contributed by atoms with E-state index in [9.17, 15) is 0 Å². The molecule has 3 aliphatic carbocycles. The Hall–Kier alpha value is -11.0. The molecule has 2 atom stereocenters. The smallest absolute Gasteiger partial charge is 0.160 e. The van der Waals surface area contributed by atoms with Gasteiger partial charge in [-0.2, -0.15) is 0 Å². The van der Waals surface area contributed by atoms with Crippen molar-refractivity contribution in [1.29, 1.82) is 0 Å². The van der Waals surface area contributed by atoms with Crippen LogP contribution in [0.25, 0.3) is 134 Å². The van der Waals surface area contributed by atoms with Crippen LogP contribution in [0, 0.1) is 0 Å². The summed E-state index contributed by atoms with van der Waals surface area (Å²) >= 11 is 0. The van der Waals surface area contributed by atoms with Crippen molar-refractivity contribution in [2.24, 2.45) is 0 Å². The SMILES string of the molecule is c1ccc(-c2cc(-c3cccc(-c4ccc5oc6ccncc6c5c4)c3)nc(-c3ccc4c(c3)C3c5ccccc5C4c4cc(-c5nc(-c6ccccc6)cc(-c6cccc(-c7ccc8oc9ccncc9c8c7)c6)n5)ccc43)n2)cc1. The summed E-state index contributed by atoms with van der Waals surface area (Å²) in [4.78, 5) is 30.2. The van der Waals surface area contributed by atoms with Gasteiger partial charge in [0.05, 0.1) is 22.8 Å². The van der Waals surface area contributed by atoms with E-state index in [1.54, 1.807) is 12.4 Å². The molecular formula is C74H44N6O2. The standard InChI is InChI=1S/C74H44N6O2/c1-3-11-43(12-4-1)63-39-65(49-17-9-15-45(33-49)47-23-27-67-57(35-47)61-41-75-31-29-69(61)81-67)79-73(77-63)51-21-25-55-59(37-51)71-53-19-7-8-20-54(53)72(55)60-38-52(22-26-56(60)71)74-78-64(44-13-5-2-6-14-44)40-66(80-74)50-18-10-16-46(34-50)48-24-28-68-58(36-48)62-42-76-32-30-70(62)82-68/h1-42,71-72H. The van der Waals surface area contributed by atoms with Crippen LogP contribution in [0.5, 0.6) is 0 Å². The number of rotatable bonds is 8. The van der Waals surface area contributed by atoms with E-state index in [1.165, 1.54) is 33.4 Å². The highest BCUT2D eigenvalue weighted by Gasteiger charge is 2.41. The fraction of sp³-hybridized carbons (Fsp3) is 0.0270. The Balaban J connectivity index is 0.754. The monoisotopic (exact) mass is 1050 g/mol. The van der Waals surface area contributed by atoms with Crippen LogP contribution in [0.15, 0.2) is 264 Å². The van der Waals surface area contributed by atoms with Crippen LogP contribution in [0.2, 0.25) is 0 Å². The van der Waals surface area contributed by atoms with E-state index < -0.39 is 0 Å². The van der Waals surface area contributed by atoms with Gasteiger partial charge in [-0.15, -0.1) is 0 Å². The van der Waals surface area contributed by atoms with E-state index in [0.29, 0.717) is 11.6 Å². The Bertz CT molecular complexity index is 4770. The molecule has 9 aromatic carbocycles. The highest BCUT2D eigenvalue weighted by molar-refractivity contribution is 6.07. The predicted octanol–water partition coefficient (Wildman–Crippen LogP) is 18.2.